The summed E-state index contributed by atoms with van der Waals surface area (Å²) in [5.74, 6) is 0.576. The van der Waals surface area contributed by atoms with Crippen molar-refractivity contribution in [1.29, 1.82) is 0 Å². The third kappa shape index (κ3) is 7.71. The Bertz CT molecular complexity index is 1410. The Morgan fingerprint density at radius 1 is 1.02 bits per heavy atom. The molecule has 0 aromatic rings. The standard InChI is InChI=1S/C33H56O13S2/c1-18(2)8-7-13-33(6,36)26-10-9-22-21-17-25(44-30-28(35)27(34)29(19(3)43-30)46-48(40,41)42)24-16-20(45-47(37,38)39)11-14-31(24,4)23(21)12-15-32(22,26)5/h12,18-22,24-30,34-36H,7-11,13-17H2,1-6H3,(H,37,38,39)(H,40,41,42)/p-2/t19-,20+,21+,22+,24-,25+,26+,27-,28-,29-,30+,31-,32+,33+/m1/s1. The van der Waals surface area contributed by atoms with Crippen molar-refractivity contribution in [3.63, 3.8) is 0 Å². The van der Waals surface area contributed by atoms with Gasteiger partial charge < -0.3 is 33.9 Å². The molecule has 0 unspecified atom stereocenters. The van der Waals surface area contributed by atoms with E-state index >= 15 is 0 Å². The van der Waals surface area contributed by atoms with Crippen LogP contribution in [0, 0.1) is 40.4 Å². The molecule has 0 aromatic carbocycles. The van der Waals surface area contributed by atoms with E-state index in [1.54, 1.807) is 0 Å². The van der Waals surface area contributed by atoms with E-state index in [0.717, 1.165) is 38.5 Å². The number of fused-ring (bicyclic) bond motifs is 5. The van der Waals surface area contributed by atoms with Crippen molar-refractivity contribution in [1.82, 2.24) is 0 Å². The van der Waals surface area contributed by atoms with E-state index in [9.17, 15) is 41.3 Å². The third-order valence-electron chi connectivity index (χ3n) is 12.8. The maximum absolute atomic E-state index is 11.9. The lowest BCUT2D eigenvalue weighted by Gasteiger charge is -2.60. The van der Waals surface area contributed by atoms with E-state index in [1.165, 1.54) is 12.5 Å². The fourth-order valence-electron chi connectivity index (χ4n) is 10.5. The van der Waals surface area contributed by atoms with Crippen molar-refractivity contribution in [2.75, 3.05) is 0 Å². The molecule has 3 N–H and O–H groups in total. The van der Waals surface area contributed by atoms with Crippen molar-refractivity contribution in [3.8, 4) is 0 Å². The van der Waals surface area contributed by atoms with E-state index in [2.05, 4.69) is 38.0 Å². The van der Waals surface area contributed by atoms with Crippen LogP contribution in [0.1, 0.15) is 106 Å². The second-order valence-corrected chi connectivity index (χ2v) is 18.4. The highest BCUT2D eigenvalue weighted by Gasteiger charge is 2.62. The average molecular weight is 723 g/mol. The molecule has 15 heteroatoms. The van der Waals surface area contributed by atoms with Gasteiger partial charge in [-0.05, 0) is 106 Å². The lowest BCUT2D eigenvalue weighted by Crippen LogP contribution is -2.61. The van der Waals surface area contributed by atoms with E-state index in [4.69, 9.17) is 13.7 Å². The maximum Gasteiger partial charge on any atom is 0.218 e. The first-order valence-corrected chi connectivity index (χ1v) is 20.1. The average Bonchev–Trinajstić information content (AvgIpc) is 3.31. The lowest BCUT2D eigenvalue weighted by molar-refractivity contribution is -0.312. The summed E-state index contributed by atoms with van der Waals surface area (Å²) in [6.45, 7) is 12.2. The molecule has 0 spiro atoms. The molecule has 1 heterocycles. The van der Waals surface area contributed by atoms with Gasteiger partial charge in [-0.3, -0.25) is 8.37 Å². The predicted octanol–water partition coefficient (Wildman–Crippen LogP) is 3.30. The fraction of sp³-hybridized carbons (Fsp3) is 0.939. The lowest BCUT2D eigenvalue weighted by atomic mass is 9.47. The first-order valence-electron chi connectivity index (χ1n) is 17.4. The van der Waals surface area contributed by atoms with E-state index in [1.807, 2.05) is 6.92 Å². The van der Waals surface area contributed by atoms with Crippen LogP contribution in [0.25, 0.3) is 0 Å². The van der Waals surface area contributed by atoms with Crippen LogP contribution in [0.3, 0.4) is 0 Å². The Hall–Kier alpha value is -0.720. The largest absolute Gasteiger partial charge is 0.726 e. The molecule has 4 fully saturated rings. The summed E-state index contributed by atoms with van der Waals surface area (Å²) in [5, 5.41) is 33.6. The molecule has 5 rings (SSSR count). The van der Waals surface area contributed by atoms with Gasteiger partial charge in [0.15, 0.2) is 6.29 Å². The van der Waals surface area contributed by atoms with E-state index in [-0.39, 0.29) is 35.5 Å². The van der Waals surface area contributed by atoms with Crippen LogP contribution in [-0.4, -0.2) is 89.8 Å². The van der Waals surface area contributed by atoms with Crippen molar-refractivity contribution in [2.45, 2.75) is 154 Å². The molecule has 1 aliphatic heterocycles. The molecular formula is C33H54O13S2-2. The topological polar surface area (TPSA) is 212 Å². The van der Waals surface area contributed by atoms with Gasteiger partial charge in [-0.1, -0.05) is 52.2 Å². The molecule has 13 nitrogen and oxygen atoms in total. The number of ether oxygens (including phenoxy) is 2. The predicted molar refractivity (Wildman–Crippen MR) is 170 cm³/mol. The Balaban J connectivity index is 1.44. The summed E-state index contributed by atoms with van der Waals surface area (Å²) >= 11 is 0. The number of hydrogen-bond acceptors (Lipinski definition) is 13. The van der Waals surface area contributed by atoms with Crippen LogP contribution in [-0.2, 0) is 38.6 Å². The minimum Gasteiger partial charge on any atom is -0.726 e. The number of allylic oxidation sites excluding steroid dienone is 2. The van der Waals surface area contributed by atoms with Crippen LogP contribution < -0.4 is 0 Å². The van der Waals surface area contributed by atoms with Gasteiger partial charge in [0.25, 0.3) is 0 Å². The number of hydrogen-bond donors (Lipinski definition) is 3. The van der Waals surface area contributed by atoms with Crippen LogP contribution in [0.15, 0.2) is 11.6 Å². The normalized spacial score (nSPS) is 44.8. The van der Waals surface area contributed by atoms with Crippen molar-refractivity contribution in [2.24, 2.45) is 40.4 Å². The van der Waals surface area contributed by atoms with Crippen molar-refractivity contribution in [3.05, 3.63) is 11.6 Å². The summed E-state index contributed by atoms with van der Waals surface area (Å²) in [6, 6.07) is 0. The van der Waals surface area contributed by atoms with E-state index in [0.29, 0.717) is 25.2 Å². The van der Waals surface area contributed by atoms with Gasteiger partial charge in [-0.2, -0.15) is 0 Å². The zero-order valence-electron chi connectivity index (χ0n) is 28.8. The molecule has 4 aliphatic carbocycles. The molecule has 1 saturated heterocycles. The maximum atomic E-state index is 11.9. The zero-order chi connectivity index (χ0) is 35.6. The Kier molecular flexibility index (Phi) is 11.0. The van der Waals surface area contributed by atoms with Crippen LogP contribution in [0.2, 0.25) is 0 Å². The summed E-state index contributed by atoms with van der Waals surface area (Å²) in [6.07, 6.45) is -0.0592. The Labute approximate surface area is 285 Å². The summed E-state index contributed by atoms with van der Waals surface area (Å²) in [7, 11) is -10.2. The van der Waals surface area contributed by atoms with Crippen molar-refractivity contribution < 1.29 is 59.1 Å². The van der Waals surface area contributed by atoms with Gasteiger partial charge in [0, 0.05) is 0 Å². The number of aliphatic hydroxyl groups excluding tert-OH is 2. The van der Waals surface area contributed by atoms with Crippen LogP contribution >= 0.6 is 0 Å². The van der Waals surface area contributed by atoms with Gasteiger partial charge in [0.2, 0.25) is 20.8 Å². The Morgan fingerprint density at radius 3 is 2.31 bits per heavy atom. The third-order valence-corrected chi connectivity index (χ3v) is 13.7. The number of aliphatic hydroxyl groups is 3. The molecular weight excluding hydrogens is 668 g/mol. The van der Waals surface area contributed by atoms with E-state index < -0.39 is 74.7 Å². The second-order valence-electron chi connectivity index (χ2n) is 16.4. The van der Waals surface area contributed by atoms with Crippen LogP contribution in [0.4, 0.5) is 0 Å². The minimum absolute atomic E-state index is 0.0527. The van der Waals surface area contributed by atoms with Crippen LogP contribution in [0.5, 0.6) is 0 Å². The SMILES string of the molecule is CC(C)CCC[C@](C)(O)[C@H]1CC[C@H]2[C@@H]3C[C@H](O[C@@H]4O[C@H](C)[C@@H](OS(=O)(=O)[O-])[C@H](O)[C@H]4O)[C@H]4C[C@@H](OS(=O)(=O)[O-])CC[C@]4(C)C3=CC[C@@]21C. The van der Waals surface area contributed by atoms with Gasteiger partial charge in [-0.25, -0.2) is 16.8 Å². The van der Waals surface area contributed by atoms with Gasteiger partial charge in [-0.15, -0.1) is 0 Å². The quantitative estimate of drug-likeness (QED) is 0.159. The first-order chi connectivity index (χ1) is 22.1. The molecule has 14 atom stereocenters. The molecule has 0 aromatic heterocycles. The highest BCUT2D eigenvalue weighted by molar-refractivity contribution is 7.81. The minimum atomic E-state index is -5.21. The molecule has 0 radical (unpaired) electrons. The fourth-order valence-corrected chi connectivity index (χ4v) is 11.6. The molecule has 48 heavy (non-hydrogen) atoms. The summed E-state index contributed by atoms with van der Waals surface area (Å²) < 4.78 is 90.3. The second kappa shape index (κ2) is 13.7. The highest BCUT2D eigenvalue weighted by atomic mass is 32.3. The molecule has 0 amide bonds. The van der Waals surface area contributed by atoms with Gasteiger partial charge in [0.05, 0.1) is 23.9 Å². The highest BCUT2D eigenvalue weighted by Crippen LogP contribution is 2.67. The summed E-state index contributed by atoms with van der Waals surface area (Å²) in [4.78, 5) is 0. The zero-order valence-corrected chi connectivity index (χ0v) is 30.5. The molecule has 278 valence electrons. The van der Waals surface area contributed by atoms with Crippen molar-refractivity contribution >= 4 is 20.8 Å². The summed E-state index contributed by atoms with van der Waals surface area (Å²) in [5.41, 5.74) is -0.209. The molecule has 0 bridgehead atoms. The van der Waals surface area contributed by atoms with Gasteiger partial charge >= 0.3 is 0 Å². The smallest absolute Gasteiger partial charge is 0.218 e. The van der Waals surface area contributed by atoms with Gasteiger partial charge in [0.1, 0.15) is 18.3 Å². The molecule has 5 aliphatic rings. The monoisotopic (exact) mass is 722 g/mol. The number of rotatable bonds is 11. The molecule has 3 saturated carbocycles. The first kappa shape index (κ1) is 38.5. The Morgan fingerprint density at radius 2 is 1.69 bits per heavy atom.